The van der Waals surface area contributed by atoms with Crippen molar-refractivity contribution in [2.45, 2.75) is 24.8 Å². The maximum absolute atomic E-state index is 13.5. The molecule has 0 aliphatic rings. The minimum atomic E-state index is -3.87. The Labute approximate surface area is 117 Å². The molecule has 0 unspecified atom stereocenters. The zero-order valence-corrected chi connectivity index (χ0v) is 12.1. The van der Waals surface area contributed by atoms with E-state index in [1.54, 1.807) is 17.9 Å². The maximum Gasteiger partial charge on any atom is 0.243 e. The minimum absolute atomic E-state index is 0.0910. The van der Waals surface area contributed by atoms with Crippen LogP contribution in [0.1, 0.15) is 18.2 Å². The van der Waals surface area contributed by atoms with Crippen molar-refractivity contribution >= 4 is 10.0 Å². The first-order chi connectivity index (χ1) is 9.44. The molecule has 108 valence electrons. The van der Waals surface area contributed by atoms with E-state index in [1.807, 2.05) is 6.92 Å². The van der Waals surface area contributed by atoms with Crippen LogP contribution in [0.2, 0.25) is 0 Å². The largest absolute Gasteiger partial charge is 0.275 e. The lowest BCUT2D eigenvalue weighted by Gasteiger charge is -2.07. The molecule has 0 amide bonds. The first kappa shape index (κ1) is 14.7. The van der Waals surface area contributed by atoms with Crippen LogP contribution in [-0.2, 0) is 30.0 Å². The number of benzene rings is 1. The van der Waals surface area contributed by atoms with E-state index in [1.165, 1.54) is 18.2 Å². The third kappa shape index (κ3) is 3.05. The molecule has 0 fully saturated rings. The molecule has 2 aromatic rings. The maximum atomic E-state index is 13.5. The fourth-order valence-electron chi connectivity index (χ4n) is 1.94. The van der Waals surface area contributed by atoms with E-state index < -0.39 is 15.8 Å². The quantitative estimate of drug-likeness (QED) is 0.911. The highest BCUT2D eigenvalue weighted by atomic mass is 32.2. The van der Waals surface area contributed by atoms with Gasteiger partial charge in [0.15, 0.2) is 0 Å². The number of sulfonamides is 1. The highest BCUT2D eigenvalue weighted by Crippen LogP contribution is 2.14. The van der Waals surface area contributed by atoms with Gasteiger partial charge in [-0.1, -0.05) is 19.1 Å². The van der Waals surface area contributed by atoms with E-state index >= 15 is 0 Å². The summed E-state index contributed by atoms with van der Waals surface area (Å²) in [6, 6.07) is 5.29. The van der Waals surface area contributed by atoms with Gasteiger partial charge in [0.1, 0.15) is 10.7 Å². The summed E-state index contributed by atoms with van der Waals surface area (Å²) < 4.78 is 41.7. The molecule has 0 aliphatic carbocycles. The second kappa shape index (κ2) is 5.72. The average Bonchev–Trinajstić information content (AvgIpc) is 2.77. The fraction of sp³-hybridized carbons (Fsp3) is 0.308. The average molecular weight is 297 g/mol. The number of hydrogen-bond acceptors (Lipinski definition) is 3. The van der Waals surface area contributed by atoms with Gasteiger partial charge < -0.3 is 0 Å². The number of hydrogen-bond donors (Lipinski definition) is 1. The second-order valence-corrected chi connectivity index (χ2v) is 6.12. The predicted molar refractivity (Wildman–Crippen MR) is 73.0 cm³/mol. The molecule has 20 heavy (non-hydrogen) atoms. The normalized spacial score (nSPS) is 11.8. The van der Waals surface area contributed by atoms with Gasteiger partial charge >= 0.3 is 0 Å². The summed E-state index contributed by atoms with van der Waals surface area (Å²) in [5.74, 6) is -0.762. The van der Waals surface area contributed by atoms with E-state index in [4.69, 9.17) is 0 Å². The van der Waals surface area contributed by atoms with Crippen LogP contribution in [0.5, 0.6) is 0 Å². The van der Waals surface area contributed by atoms with Crippen LogP contribution < -0.4 is 4.72 Å². The van der Waals surface area contributed by atoms with E-state index in [9.17, 15) is 12.8 Å². The van der Waals surface area contributed by atoms with Crippen LogP contribution in [-0.4, -0.2) is 18.2 Å². The molecule has 1 aromatic carbocycles. The molecule has 0 aliphatic heterocycles. The SMILES string of the molecule is CCc1nn(C)cc1CNS(=O)(=O)c1ccccc1F. The Morgan fingerprint density at radius 3 is 2.70 bits per heavy atom. The Bertz CT molecular complexity index is 710. The zero-order chi connectivity index (χ0) is 14.8. The van der Waals surface area contributed by atoms with Crippen molar-refractivity contribution in [3.63, 3.8) is 0 Å². The Kier molecular flexibility index (Phi) is 4.20. The summed E-state index contributed by atoms with van der Waals surface area (Å²) in [7, 11) is -2.10. The van der Waals surface area contributed by atoms with Crippen molar-refractivity contribution in [2.24, 2.45) is 7.05 Å². The van der Waals surface area contributed by atoms with Gasteiger partial charge in [-0.3, -0.25) is 4.68 Å². The molecule has 0 atom stereocenters. The molecule has 0 spiro atoms. The standard InChI is InChI=1S/C13H16FN3O2S/c1-3-12-10(9-17(2)16-12)8-15-20(18,19)13-7-5-4-6-11(13)14/h4-7,9,15H,3,8H2,1-2H3. The minimum Gasteiger partial charge on any atom is -0.275 e. The Morgan fingerprint density at radius 1 is 1.35 bits per heavy atom. The fourth-order valence-corrected chi connectivity index (χ4v) is 3.03. The number of nitrogens with one attached hydrogen (secondary N) is 1. The van der Waals surface area contributed by atoms with Crippen molar-refractivity contribution < 1.29 is 12.8 Å². The molecule has 0 bridgehead atoms. The van der Waals surface area contributed by atoms with Crippen LogP contribution in [0, 0.1) is 5.82 Å². The van der Waals surface area contributed by atoms with Gasteiger partial charge in [0.2, 0.25) is 10.0 Å². The summed E-state index contributed by atoms with van der Waals surface area (Å²) in [5.41, 5.74) is 1.61. The molecule has 0 saturated heterocycles. The van der Waals surface area contributed by atoms with Crippen molar-refractivity contribution in [1.82, 2.24) is 14.5 Å². The van der Waals surface area contributed by atoms with E-state index in [0.717, 1.165) is 17.3 Å². The van der Waals surface area contributed by atoms with Gasteiger partial charge in [-0.15, -0.1) is 0 Å². The smallest absolute Gasteiger partial charge is 0.243 e. The molecular weight excluding hydrogens is 281 g/mol. The molecule has 7 heteroatoms. The highest BCUT2D eigenvalue weighted by Gasteiger charge is 2.19. The molecule has 1 heterocycles. The van der Waals surface area contributed by atoms with Gasteiger partial charge in [-0.2, -0.15) is 5.10 Å². The zero-order valence-electron chi connectivity index (χ0n) is 11.3. The summed E-state index contributed by atoms with van der Waals surface area (Å²) in [6.07, 6.45) is 2.46. The third-order valence-corrected chi connectivity index (χ3v) is 4.34. The lowest BCUT2D eigenvalue weighted by Crippen LogP contribution is -2.24. The first-order valence-corrected chi connectivity index (χ1v) is 7.68. The molecule has 1 aromatic heterocycles. The number of rotatable bonds is 5. The lowest BCUT2D eigenvalue weighted by molar-refractivity contribution is 0.556. The second-order valence-electron chi connectivity index (χ2n) is 4.38. The molecule has 0 saturated carbocycles. The third-order valence-electron chi connectivity index (χ3n) is 2.91. The molecule has 1 N–H and O–H groups in total. The van der Waals surface area contributed by atoms with Gasteiger partial charge in [0.25, 0.3) is 0 Å². The molecular formula is C13H16FN3O2S. The van der Waals surface area contributed by atoms with Crippen LogP contribution >= 0.6 is 0 Å². The van der Waals surface area contributed by atoms with Crippen molar-refractivity contribution in [1.29, 1.82) is 0 Å². The molecule has 5 nitrogen and oxygen atoms in total. The Morgan fingerprint density at radius 2 is 2.05 bits per heavy atom. The van der Waals surface area contributed by atoms with Crippen LogP contribution in [0.4, 0.5) is 4.39 Å². The number of halogens is 1. The van der Waals surface area contributed by atoms with Crippen LogP contribution in [0.15, 0.2) is 35.4 Å². The summed E-state index contributed by atoms with van der Waals surface area (Å²) in [4.78, 5) is -0.345. The van der Waals surface area contributed by atoms with Crippen molar-refractivity contribution in [3.8, 4) is 0 Å². The highest BCUT2D eigenvalue weighted by molar-refractivity contribution is 7.89. The van der Waals surface area contributed by atoms with Gasteiger partial charge in [-0.05, 0) is 18.6 Å². The van der Waals surface area contributed by atoms with E-state index in [0.29, 0.717) is 6.42 Å². The summed E-state index contributed by atoms with van der Waals surface area (Å²) in [6.45, 7) is 2.03. The first-order valence-electron chi connectivity index (χ1n) is 6.19. The summed E-state index contributed by atoms with van der Waals surface area (Å²) in [5, 5.41) is 4.23. The summed E-state index contributed by atoms with van der Waals surface area (Å²) >= 11 is 0. The van der Waals surface area contributed by atoms with E-state index in [2.05, 4.69) is 9.82 Å². The number of aromatic nitrogens is 2. The van der Waals surface area contributed by atoms with E-state index in [-0.39, 0.29) is 11.4 Å². The Balaban J connectivity index is 2.20. The van der Waals surface area contributed by atoms with Crippen LogP contribution in [0.3, 0.4) is 0 Å². The van der Waals surface area contributed by atoms with Gasteiger partial charge in [0.05, 0.1) is 5.69 Å². The van der Waals surface area contributed by atoms with Gasteiger partial charge in [0, 0.05) is 25.4 Å². The van der Waals surface area contributed by atoms with Crippen LogP contribution in [0.25, 0.3) is 0 Å². The monoisotopic (exact) mass is 297 g/mol. The molecule has 2 rings (SSSR count). The topological polar surface area (TPSA) is 64.0 Å². The number of aryl methyl sites for hydroxylation is 2. The molecule has 0 radical (unpaired) electrons. The van der Waals surface area contributed by atoms with Crippen molar-refractivity contribution in [3.05, 3.63) is 47.5 Å². The predicted octanol–water partition coefficient (Wildman–Crippen LogP) is 1.60. The lowest BCUT2D eigenvalue weighted by atomic mass is 10.2. The number of nitrogens with zero attached hydrogens (tertiary/aromatic N) is 2. The van der Waals surface area contributed by atoms with Crippen molar-refractivity contribution in [2.75, 3.05) is 0 Å². The Hall–Kier alpha value is -1.73. The van der Waals surface area contributed by atoms with Gasteiger partial charge in [-0.25, -0.2) is 17.5 Å².